The zero-order valence-corrected chi connectivity index (χ0v) is 9.75. The van der Waals surface area contributed by atoms with Crippen molar-refractivity contribution in [1.29, 1.82) is 0 Å². The number of ether oxygens (including phenoxy) is 2. The Kier molecular flexibility index (Phi) is 5.24. The van der Waals surface area contributed by atoms with Crippen molar-refractivity contribution in [1.82, 2.24) is 5.32 Å². The average molecular weight is 251 g/mol. The second-order valence-corrected chi connectivity index (χ2v) is 3.22. The van der Waals surface area contributed by atoms with Gasteiger partial charge in [0.05, 0.1) is 7.11 Å². The van der Waals surface area contributed by atoms with Crippen molar-refractivity contribution in [3.63, 3.8) is 0 Å². The number of esters is 1. The van der Waals surface area contributed by atoms with Crippen molar-refractivity contribution in [3.8, 4) is 0 Å². The van der Waals surface area contributed by atoms with E-state index in [9.17, 15) is 9.59 Å². The highest BCUT2D eigenvalue weighted by Gasteiger charge is 2.14. The van der Waals surface area contributed by atoms with Gasteiger partial charge in [0, 0.05) is 0 Å². The zero-order chi connectivity index (χ0) is 13.4. The Hall–Kier alpha value is -2.50. The summed E-state index contributed by atoms with van der Waals surface area (Å²) >= 11 is 0. The van der Waals surface area contributed by atoms with Crippen molar-refractivity contribution >= 4 is 12.1 Å². The standard InChI is InChI=1S/C12H13NO5/c1-17-11(15)10(7-14)13-12(16)18-8-9-5-3-2-4-6-9/h2-7,14H,8H2,1H3,(H,13,16). The predicted molar refractivity (Wildman–Crippen MR) is 62.5 cm³/mol. The van der Waals surface area contributed by atoms with Crippen LogP contribution in [0.15, 0.2) is 42.3 Å². The summed E-state index contributed by atoms with van der Waals surface area (Å²) < 4.78 is 9.17. The summed E-state index contributed by atoms with van der Waals surface area (Å²) in [6.07, 6.45) is -0.417. The molecule has 0 saturated heterocycles. The molecule has 2 N–H and O–H groups in total. The molecule has 0 saturated carbocycles. The van der Waals surface area contributed by atoms with Crippen molar-refractivity contribution in [2.45, 2.75) is 6.61 Å². The van der Waals surface area contributed by atoms with E-state index in [1.54, 1.807) is 12.1 Å². The van der Waals surface area contributed by atoms with Gasteiger partial charge in [-0.1, -0.05) is 30.3 Å². The molecular weight excluding hydrogens is 238 g/mol. The molecule has 1 amide bonds. The molecule has 96 valence electrons. The normalized spacial score (nSPS) is 10.6. The number of nitrogens with one attached hydrogen (secondary N) is 1. The lowest BCUT2D eigenvalue weighted by molar-refractivity contribution is -0.136. The van der Waals surface area contributed by atoms with Crippen LogP contribution in [0, 0.1) is 0 Å². The Balaban J connectivity index is 2.45. The van der Waals surface area contributed by atoms with Crippen LogP contribution in [0.1, 0.15) is 5.56 Å². The quantitative estimate of drug-likeness (QED) is 0.481. The lowest BCUT2D eigenvalue weighted by Crippen LogP contribution is -2.28. The summed E-state index contributed by atoms with van der Waals surface area (Å²) in [5.74, 6) is -0.867. The van der Waals surface area contributed by atoms with Gasteiger partial charge in [-0.2, -0.15) is 0 Å². The lowest BCUT2D eigenvalue weighted by atomic mass is 10.2. The fourth-order valence-corrected chi connectivity index (χ4v) is 1.12. The highest BCUT2D eigenvalue weighted by atomic mass is 16.6. The number of rotatable bonds is 4. The minimum atomic E-state index is -0.867. The van der Waals surface area contributed by atoms with E-state index >= 15 is 0 Å². The molecule has 0 aliphatic carbocycles. The van der Waals surface area contributed by atoms with Gasteiger partial charge in [-0.15, -0.1) is 0 Å². The van der Waals surface area contributed by atoms with Gasteiger partial charge in [0.2, 0.25) is 0 Å². The first kappa shape index (κ1) is 13.6. The maximum absolute atomic E-state index is 11.3. The maximum atomic E-state index is 11.3. The number of carbonyl (C=O) groups excluding carboxylic acids is 2. The van der Waals surface area contributed by atoms with Crippen LogP contribution < -0.4 is 5.32 Å². The first-order valence-electron chi connectivity index (χ1n) is 5.07. The van der Waals surface area contributed by atoms with Gasteiger partial charge in [0.25, 0.3) is 0 Å². The van der Waals surface area contributed by atoms with Gasteiger partial charge in [0.1, 0.15) is 12.9 Å². The van der Waals surface area contributed by atoms with Gasteiger partial charge in [0.15, 0.2) is 5.70 Å². The minimum Gasteiger partial charge on any atom is -0.513 e. The van der Waals surface area contributed by atoms with Crippen LogP contribution in [0.5, 0.6) is 0 Å². The third-order valence-corrected chi connectivity index (χ3v) is 1.98. The first-order valence-corrected chi connectivity index (χ1v) is 5.07. The molecule has 0 aliphatic rings. The van der Waals surface area contributed by atoms with E-state index in [-0.39, 0.29) is 6.61 Å². The second kappa shape index (κ2) is 6.95. The Morgan fingerprint density at radius 3 is 2.56 bits per heavy atom. The van der Waals surface area contributed by atoms with E-state index in [0.717, 1.165) is 12.7 Å². The smallest absolute Gasteiger partial charge is 0.412 e. The fourth-order valence-electron chi connectivity index (χ4n) is 1.12. The first-order chi connectivity index (χ1) is 8.67. The summed E-state index contributed by atoms with van der Waals surface area (Å²) in [5.41, 5.74) is 0.413. The lowest BCUT2D eigenvalue weighted by Gasteiger charge is -2.07. The van der Waals surface area contributed by atoms with Crippen LogP contribution in [0.2, 0.25) is 0 Å². The molecule has 0 fully saturated rings. The Morgan fingerprint density at radius 1 is 1.33 bits per heavy atom. The number of aliphatic hydroxyl groups is 1. The third-order valence-electron chi connectivity index (χ3n) is 1.98. The molecule has 0 heterocycles. The number of alkyl carbamates (subject to hydrolysis) is 1. The van der Waals surface area contributed by atoms with Crippen LogP contribution in [0.4, 0.5) is 4.79 Å². The van der Waals surface area contributed by atoms with Crippen LogP contribution in [-0.2, 0) is 20.9 Å². The van der Waals surface area contributed by atoms with Crippen molar-refractivity contribution in [2.75, 3.05) is 7.11 Å². The van der Waals surface area contributed by atoms with Gasteiger partial charge < -0.3 is 14.6 Å². The van der Waals surface area contributed by atoms with E-state index in [1.807, 2.05) is 18.2 Å². The van der Waals surface area contributed by atoms with E-state index in [0.29, 0.717) is 6.26 Å². The molecule has 18 heavy (non-hydrogen) atoms. The monoisotopic (exact) mass is 251 g/mol. The number of hydrogen-bond donors (Lipinski definition) is 2. The molecule has 6 nitrogen and oxygen atoms in total. The third kappa shape index (κ3) is 4.17. The Morgan fingerprint density at radius 2 is 2.00 bits per heavy atom. The Labute approximate surface area is 104 Å². The highest BCUT2D eigenvalue weighted by Crippen LogP contribution is 2.01. The molecule has 6 heteroatoms. The number of benzene rings is 1. The number of methoxy groups -OCH3 is 1. The summed E-state index contributed by atoms with van der Waals surface area (Å²) in [4.78, 5) is 22.3. The zero-order valence-electron chi connectivity index (χ0n) is 9.75. The number of aliphatic hydroxyl groups excluding tert-OH is 1. The van der Waals surface area contributed by atoms with E-state index in [4.69, 9.17) is 9.84 Å². The highest BCUT2D eigenvalue weighted by molar-refractivity contribution is 5.91. The summed E-state index contributed by atoms with van der Waals surface area (Å²) in [6, 6.07) is 9.04. The van der Waals surface area contributed by atoms with Crippen molar-refractivity contribution in [2.24, 2.45) is 0 Å². The van der Waals surface area contributed by atoms with Gasteiger partial charge in [-0.3, -0.25) is 5.32 Å². The molecule has 0 atom stereocenters. The molecule has 1 aromatic rings. The second-order valence-electron chi connectivity index (χ2n) is 3.22. The van der Waals surface area contributed by atoms with E-state index < -0.39 is 17.8 Å². The molecule has 1 rings (SSSR count). The number of amides is 1. The Bertz CT molecular complexity index is 441. The molecule has 0 bridgehead atoms. The maximum Gasteiger partial charge on any atom is 0.412 e. The summed E-state index contributed by atoms with van der Waals surface area (Å²) in [5, 5.41) is 10.8. The molecule has 0 aromatic heterocycles. The van der Waals surface area contributed by atoms with Crippen LogP contribution in [0.25, 0.3) is 0 Å². The molecule has 0 spiro atoms. The molecule has 0 radical (unpaired) electrons. The number of carbonyl (C=O) groups is 2. The topological polar surface area (TPSA) is 84.9 Å². The van der Waals surface area contributed by atoms with Crippen molar-refractivity contribution in [3.05, 3.63) is 47.9 Å². The summed E-state index contributed by atoms with van der Waals surface area (Å²) in [7, 11) is 1.13. The average Bonchev–Trinajstić information content (AvgIpc) is 2.42. The van der Waals surface area contributed by atoms with Crippen molar-refractivity contribution < 1.29 is 24.2 Å². The van der Waals surface area contributed by atoms with Gasteiger partial charge in [-0.05, 0) is 5.56 Å². The van der Waals surface area contributed by atoms with E-state index in [1.165, 1.54) is 0 Å². The van der Waals surface area contributed by atoms with Gasteiger partial charge in [-0.25, -0.2) is 9.59 Å². The van der Waals surface area contributed by atoms with Crippen LogP contribution in [0.3, 0.4) is 0 Å². The fraction of sp³-hybridized carbons (Fsp3) is 0.167. The largest absolute Gasteiger partial charge is 0.513 e. The van der Waals surface area contributed by atoms with Crippen LogP contribution in [-0.4, -0.2) is 24.3 Å². The van der Waals surface area contributed by atoms with E-state index in [2.05, 4.69) is 10.1 Å². The summed E-state index contributed by atoms with van der Waals surface area (Å²) in [6.45, 7) is 0.0621. The SMILES string of the molecule is COC(=O)C(=CO)NC(=O)OCc1ccccc1. The molecule has 0 unspecified atom stereocenters. The molecular formula is C12H13NO5. The molecule has 0 aliphatic heterocycles. The van der Waals surface area contributed by atoms with Crippen LogP contribution >= 0.6 is 0 Å². The predicted octanol–water partition coefficient (Wildman–Crippen LogP) is 1.49. The van der Waals surface area contributed by atoms with Gasteiger partial charge >= 0.3 is 12.1 Å². The number of hydrogen-bond acceptors (Lipinski definition) is 5. The minimum absolute atomic E-state index is 0.0621. The molecule has 1 aromatic carbocycles.